The summed E-state index contributed by atoms with van der Waals surface area (Å²) in [5.41, 5.74) is 3.44. The van der Waals surface area contributed by atoms with Crippen molar-refractivity contribution in [3.8, 4) is 23.0 Å². The number of nitrogens with zero attached hydrogens (tertiary/aromatic N) is 4. The molecule has 7 nitrogen and oxygen atoms in total. The highest BCUT2D eigenvalue weighted by molar-refractivity contribution is 6.33. The second-order valence-corrected chi connectivity index (χ2v) is 10.1. The molecule has 6 rings (SSSR count). The van der Waals surface area contributed by atoms with Crippen LogP contribution in [0.2, 0.25) is 5.02 Å². The molecule has 2 aliphatic rings. The van der Waals surface area contributed by atoms with Gasteiger partial charge in [-0.1, -0.05) is 49.7 Å². The van der Waals surface area contributed by atoms with Gasteiger partial charge in [0.25, 0.3) is 0 Å². The third kappa shape index (κ3) is 3.58. The van der Waals surface area contributed by atoms with Gasteiger partial charge in [-0.3, -0.25) is 4.79 Å². The molecule has 1 atom stereocenters. The second kappa shape index (κ2) is 7.92. The molecule has 1 aliphatic heterocycles. The van der Waals surface area contributed by atoms with E-state index in [0.29, 0.717) is 46.5 Å². The van der Waals surface area contributed by atoms with Crippen molar-refractivity contribution in [3.63, 3.8) is 0 Å². The molecular weight excluding hydrogens is 464 g/mol. The summed E-state index contributed by atoms with van der Waals surface area (Å²) in [4.78, 5) is 23.0. The number of ether oxygens (including phenoxy) is 2. The van der Waals surface area contributed by atoms with Gasteiger partial charge in [0.05, 0.1) is 17.7 Å². The van der Waals surface area contributed by atoms with E-state index in [4.69, 9.17) is 26.1 Å². The summed E-state index contributed by atoms with van der Waals surface area (Å²) in [5.74, 6) is 2.04. The number of benzene rings is 2. The van der Waals surface area contributed by atoms with Crippen molar-refractivity contribution < 1.29 is 14.3 Å². The number of rotatable bonds is 3. The van der Waals surface area contributed by atoms with Crippen molar-refractivity contribution in [2.45, 2.75) is 32.6 Å². The zero-order valence-electron chi connectivity index (χ0n) is 19.6. The van der Waals surface area contributed by atoms with E-state index in [0.717, 1.165) is 22.4 Å². The minimum atomic E-state index is -0.386. The molecule has 2 aromatic carbocycles. The van der Waals surface area contributed by atoms with Gasteiger partial charge in [0.15, 0.2) is 17.3 Å². The van der Waals surface area contributed by atoms with Crippen LogP contribution in [0.3, 0.4) is 0 Å². The lowest BCUT2D eigenvalue weighted by atomic mass is 9.70. The minimum Gasteiger partial charge on any atom is -0.497 e. The molecule has 8 heteroatoms. The van der Waals surface area contributed by atoms with Gasteiger partial charge in [0.1, 0.15) is 17.8 Å². The van der Waals surface area contributed by atoms with Crippen molar-refractivity contribution >= 4 is 23.0 Å². The third-order valence-corrected chi connectivity index (χ3v) is 6.96. The van der Waals surface area contributed by atoms with Gasteiger partial charge in [-0.05, 0) is 35.2 Å². The molecule has 0 spiro atoms. The molecule has 2 aromatic heterocycles. The highest BCUT2D eigenvalue weighted by Crippen LogP contribution is 2.50. The predicted molar refractivity (Wildman–Crippen MR) is 132 cm³/mol. The molecule has 0 bridgehead atoms. The van der Waals surface area contributed by atoms with Crippen LogP contribution >= 0.6 is 11.6 Å². The number of carbonyl (C=O) groups excluding carboxylic acids is 1. The molecule has 0 fully saturated rings. The van der Waals surface area contributed by atoms with E-state index in [2.05, 4.69) is 23.9 Å². The summed E-state index contributed by atoms with van der Waals surface area (Å²) >= 11 is 6.43. The van der Waals surface area contributed by atoms with Crippen LogP contribution in [0.5, 0.6) is 11.6 Å². The fraction of sp³-hybridized carbons (Fsp3) is 0.259. The summed E-state index contributed by atoms with van der Waals surface area (Å²) < 4.78 is 13.3. The number of hydrogen-bond acceptors (Lipinski definition) is 6. The number of carbonyl (C=O) groups is 1. The van der Waals surface area contributed by atoms with Gasteiger partial charge >= 0.3 is 0 Å². The van der Waals surface area contributed by atoms with E-state index in [-0.39, 0.29) is 17.1 Å². The van der Waals surface area contributed by atoms with Crippen LogP contribution in [-0.2, 0) is 4.79 Å². The van der Waals surface area contributed by atoms with E-state index in [1.165, 1.54) is 0 Å². The quantitative estimate of drug-likeness (QED) is 0.374. The molecule has 0 radical (unpaired) electrons. The molecule has 0 saturated heterocycles. The van der Waals surface area contributed by atoms with Crippen LogP contribution in [0, 0.1) is 5.41 Å². The van der Waals surface area contributed by atoms with Crippen LogP contribution < -0.4 is 9.47 Å². The van der Waals surface area contributed by atoms with Crippen LogP contribution in [0.1, 0.15) is 43.7 Å². The summed E-state index contributed by atoms with van der Waals surface area (Å²) in [6.07, 6.45) is 2.70. The summed E-state index contributed by atoms with van der Waals surface area (Å²) in [5, 5.41) is 5.19. The Kier molecular flexibility index (Phi) is 4.93. The zero-order valence-corrected chi connectivity index (χ0v) is 20.3. The normalized spacial score (nSPS) is 18.7. The van der Waals surface area contributed by atoms with E-state index in [9.17, 15) is 4.79 Å². The average molecular weight is 487 g/mol. The maximum Gasteiger partial charge on any atom is 0.228 e. The van der Waals surface area contributed by atoms with Crippen LogP contribution in [-0.4, -0.2) is 32.5 Å². The van der Waals surface area contributed by atoms with E-state index >= 15 is 0 Å². The first-order valence-electron chi connectivity index (χ1n) is 11.4. The van der Waals surface area contributed by atoms with Crippen molar-refractivity contribution in [2.75, 3.05) is 7.11 Å². The topological polar surface area (TPSA) is 78.6 Å². The Labute approximate surface area is 207 Å². The van der Waals surface area contributed by atoms with Crippen molar-refractivity contribution in [1.29, 1.82) is 0 Å². The Bertz CT molecular complexity index is 1520. The van der Waals surface area contributed by atoms with Crippen LogP contribution in [0.4, 0.5) is 0 Å². The molecule has 0 amide bonds. The smallest absolute Gasteiger partial charge is 0.228 e. The first-order chi connectivity index (χ1) is 16.8. The van der Waals surface area contributed by atoms with Gasteiger partial charge in [0.2, 0.25) is 5.88 Å². The largest absolute Gasteiger partial charge is 0.497 e. The first kappa shape index (κ1) is 21.8. The number of allylic oxidation sites excluding steroid dienone is 2. The Hall–Kier alpha value is -3.71. The number of fused-ring (bicyclic) bond motifs is 3. The highest BCUT2D eigenvalue weighted by atomic mass is 35.5. The summed E-state index contributed by atoms with van der Waals surface area (Å²) in [6, 6.07) is 15.2. The lowest BCUT2D eigenvalue weighted by Gasteiger charge is -2.37. The summed E-state index contributed by atoms with van der Waals surface area (Å²) in [7, 11) is 1.63. The standard InChI is InChI=1S/C27H23ClN4O3/c1-27(2)12-19(33)22-20(13-27)35-26-23(21(22)15-8-10-16(34-3)11-9-15)25-30-24(31-32(25)14-29-26)17-6-4-5-7-18(17)28/h4-11,14,21H,12-13H2,1-3H3/t21-/m1/s1. The fourth-order valence-electron chi connectivity index (χ4n) is 5.03. The average Bonchev–Trinajstić information content (AvgIpc) is 3.26. The van der Waals surface area contributed by atoms with Gasteiger partial charge in [-0.25, -0.2) is 14.5 Å². The second-order valence-electron chi connectivity index (χ2n) is 9.73. The summed E-state index contributed by atoms with van der Waals surface area (Å²) in [6.45, 7) is 4.17. The van der Waals surface area contributed by atoms with Crippen molar-refractivity contribution in [3.05, 3.63) is 82.3 Å². The highest BCUT2D eigenvalue weighted by Gasteiger charge is 2.44. The van der Waals surface area contributed by atoms with E-state index < -0.39 is 0 Å². The van der Waals surface area contributed by atoms with Crippen molar-refractivity contribution in [2.24, 2.45) is 5.41 Å². The number of halogens is 1. The molecule has 35 heavy (non-hydrogen) atoms. The number of hydrogen-bond donors (Lipinski definition) is 0. The Morgan fingerprint density at radius 2 is 1.89 bits per heavy atom. The first-order valence-corrected chi connectivity index (χ1v) is 11.8. The Balaban J connectivity index is 1.60. The third-order valence-electron chi connectivity index (χ3n) is 6.63. The van der Waals surface area contributed by atoms with Crippen molar-refractivity contribution in [1.82, 2.24) is 19.6 Å². The lowest BCUT2D eigenvalue weighted by Crippen LogP contribution is -2.33. The molecule has 176 valence electrons. The molecule has 0 unspecified atom stereocenters. The maximum absolute atomic E-state index is 13.5. The maximum atomic E-state index is 13.5. The number of methoxy groups -OCH3 is 1. The van der Waals surface area contributed by atoms with E-state index in [1.54, 1.807) is 24.0 Å². The SMILES string of the molecule is COc1ccc([C@@H]2C3=C(CC(C)(C)CC3=O)Oc3ncn4nc(-c5ccccc5Cl)nc4c32)cc1. The fourth-order valence-corrected chi connectivity index (χ4v) is 5.25. The number of ketones is 1. The van der Waals surface area contributed by atoms with Gasteiger partial charge < -0.3 is 9.47 Å². The van der Waals surface area contributed by atoms with E-state index in [1.807, 2.05) is 42.5 Å². The molecule has 0 N–H and O–H groups in total. The van der Waals surface area contributed by atoms with Gasteiger partial charge in [-0.2, -0.15) is 0 Å². The van der Waals surface area contributed by atoms with Crippen LogP contribution in [0.15, 0.2) is 66.2 Å². The Morgan fingerprint density at radius 1 is 1.11 bits per heavy atom. The van der Waals surface area contributed by atoms with Gasteiger partial charge in [0, 0.05) is 29.9 Å². The molecule has 1 aliphatic carbocycles. The zero-order chi connectivity index (χ0) is 24.3. The molecule has 3 heterocycles. The predicted octanol–water partition coefficient (Wildman–Crippen LogP) is 5.62. The van der Waals surface area contributed by atoms with Gasteiger partial charge in [-0.15, -0.1) is 5.10 Å². The lowest BCUT2D eigenvalue weighted by molar-refractivity contribution is -0.118. The monoisotopic (exact) mass is 486 g/mol. The number of Topliss-reactive ketones (excluding diaryl/α,β-unsaturated/α-hetero) is 1. The minimum absolute atomic E-state index is 0.0792. The molecule has 0 saturated carbocycles. The molecular formula is C27H23ClN4O3. The Morgan fingerprint density at radius 3 is 2.63 bits per heavy atom. The molecule has 4 aromatic rings. The van der Waals surface area contributed by atoms with Crippen LogP contribution in [0.25, 0.3) is 17.0 Å². The number of aromatic nitrogens is 4.